The van der Waals surface area contributed by atoms with E-state index in [-0.39, 0.29) is 23.8 Å². The zero-order valence-corrected chi connectivity index (χ0v) is 10.7. The molecule has 0 atom stereocenters. The maximum absolute atomic E-state index is 11.9. The van der Waals surface area contributed by atoms with Crippen molar-refractivity contribution in [3.63, 3.8) is 0 Å². The Balaban J connectivity index is 1.80. The molecule has 0 saturated heterocycles. The molecule has 1 aliphatic heterocycles. The quantitative estimate of drug-likeness (QED) is 0.737. The third-order valence-electron chi connectivity index (χ3n) is 2.78. The highest BCUT2D eigenvalue weighted by Gasteiger charge is 2.17. The molecule has 1 aromatic heterocycles. The molecular weight excluding hydrogens is 276 g/mol. The number of hydrogen-bond donors (Lipinski definition) is 3. The molecule has 8 nitrogen and oxygen atoms in total. The number of nitrogens with one attached hydrogen (secondary N) is 3. The van der Waals surface area contributed by atoms with E-state index in [0.29, 0.717) is 17.1 Å². The van der Waals surface area contributed by atoms with Gasteiger partial charge in [-0.1, -0.05) is 0 Å². The highest BCUT2D eigenvalue weighted by atomic mass is 16.5. The summed E-state index contributed by atoms with van der Waals surface area (Å²) >= 11 is 0. The van der Waals surface area contributed by atoms with Gasteiger partial charge in [0, 0.05) is 11.8 Å². The molecule has 0 fully saturated rings. The summed E-state index contributed by atoms with van der Waals surface area (Å²) in [5.74, 6) is -0.197. The van der Waals surface area contributed by atoms with Crippen molar-refractivity contribution in [2.75, 3.05) is 17.2 Å². The summed E-state index contributed by atoms with van der Waals surface area (Å²) < 4.78 is 5.22. The van der Waals surface area contributed by atoms with Gasteiger partial charge < -0.3 is 15.4 Å². The lowest BCUT2D eigenvalue weighted by molar-refractivity contribution is -0.118. The first-order chi connectivity index (χ1) is 10.1. The van der Waals surface area contributed by atoms with Crippen molar-refractivity contribution >= 4 is 23.2 Å². The van der Waals surface area contributed by atoms with Crippen LogP contribution in [-0.4, -0.2) is 28.6 Å². The molecule has 21 heavy (non-hydrogen) atoms. The summed E-state index contributed by atoms with van der Waals surface area (Å²) in [5.41, 5.74) is 0.642. The second-order valence-corrected chi connectivity index (χ2v) is 4.31. The summed E-state index contributed by atoms with van der Waals surface area (Å²) in [6.07, 6.45) is 0. The molecule has 0 bridgehead atoms. The molecule has 1 aliphatic rings. The van der Waals surface area contributed by atoms with E-state index in [1.165, 1.54) is 12.1 Å². The number of ether oxygens (including phenoxy) is 1. The van der Waals surface area contributed by atoms with Crippen molar-refractivity contribution in [1.82, 2.24) is 10.2 Å². The Morgan fingerprint density at radius 2 is 2.10 bits per heavy atom. The summed E-state index contributed by atoms with van der Waals surface area (Å²) in [4.78, 5) is 34.1. The number of hydrogen-bond acceptors (Lipinski definition) is 5. The van der Waals surface area contributed by atoms with Crippen LogP contribution in [0.25, 0.3) is 0 Å². The second kappa shape index (κ2) is 5.08. The Hall–Kier alpha value is -3.16. The van der Waals surface area contributed by atoms with Gasteiger partial charge in [-0.15, -0.1) is 0 Å². The molecule has 0 radical (unpaired) electrons. The van der Waals surface area contributed by atoms with Gasteiger partial charge in [-0.2, -0.15) is 5.10 Å². The number of H-pyrrole nitrogens is 1. The molecule has 8 heteroatoms. The number of nitrogens with zero attached hydrogens (tertiary/aromatic N) is 1. The van der Waals surface area contributed by atoms with Gasteiger partial charge in [0.05, 0.1) is 5.69 Å². The summed E-state index contributed by atoms with van der Waals surface area (Å²) in [5, 5.41) is 11.1. The molecule has 3 N–H and O–H groups in total. The minimum atomic E-state index is -0.478. The number of carbonyl (C=O) groups is 2. The van der Waals surface area contributed by atoms with Gasteiger partial charge in [0.2, 0.25) is 0 Å². The number of benzene rings is 1. The molecule has 0 unspecified atom stereocenters. The van der Waals surface area contributed by atoms with Crippen LogP contribution >= 0.6 is 0 Å². The standard InChI is InChI=1S/C13H10N4O4/c18-11-4-2-8(16-17-11)13(20)14-7-1-3-10-9(5-7)15-12(19)6-21-10/h1-5H,6H2,(H,14,20)(H,15,19)(H,17,18). The highest BCUT2D eigenvalue weighted by molar-refractivity contribution is 6.03. The van der Waals surface area contributed by atoms with Crippen molar-refractivity contribution < 1.29 is 14.3 Å². The summed E-state index contributed by atoms with van der Waals surface area (Å²) in [6, 6.07) is 7.39. The largest absolute Gasteiger partial charge is 0.482 e. The first kappa shape index (κ1) is 12.9. The third kappa shape index (κ3) is 2.73. The van der Waals surface area contributed by atoms with Crippen molar-refractivity contribution in [3.8, 4) is 5.75 Å². The van der Waals surface area contributed by atoms with Crippen molar-refractivity contribution in [2.24, 2.45) is 0 Å². The third-order valence-corrected chi connectivity index (χ3v) is 2.78. The first-order valence-corrected chi connectivity index (χ1v) is 6.05. The van der Waals surface area contributed by atoms with Crippen LogP contribution in [0, 0.1) is 0 Å². The minimum Gasteiger partial charge on any atom is -0.482 e. The maximum atomic E-state index is 11.9. The maximum Gasteiger partial charge on any atom is 0.276 e. The normalized spacial score (nSPS) is 12.9. The fourth-order valence-electron chi connectivity index (χ4n) is 1.83. The van der Waals surface area contributed by atoms with Gasteiger partial charge in [0.1, 0.15) is 11.4 Å². The predicted octanol–water partition coefficient (Wildman–Crippen LogP) is 0.353. The number of aromatic amines is 1. The Labute approximate surface area is 118 Å². The van der Waals surface area contributed by atoms with Crippen molar-refractivity contribution in [3.05, 3.63) is 46.4 Å². The predicted molar refractivity (Wildman–Crippen MR) is 73.4 cm³/mol. The van der Waals surface area contributed by atoms with E-state index in [4.69, 9.17) is 4.74 Å². The van der Waals surface area contributed by atoms with Crippen LogP contribution in [-0.2, 0) is 4.79 Å². The topological polar surface area (TPSA) is 113 Å². The van der Waals surface area contributed by atoms with Crippen LogP contribution in [0.15, 0.2) is 35.1 Å². The number of aromatic nitrogens is 2. The zero-order valence-electron chi connectivity index (χ0n) is 10.7. The zero-order chi connectivity index (χ0) is 14.8. The number of anilines is 2. The average Bonchev–Trinajstić information content (AvgIpc) is 2.47. The Bertz CT molecular complexity index is 763. The molecule has 1 aromatic carbocycles. The molecule has 2 heterocycles. The molecule has 2 aromatic rings. The molecule has 0 aliphatic carbocycles. The van der Waals surface area contributed by atoms with Crippen molar-refractivity contribution in [1.29, 1.82) is 0 Å². The van der Waals surface area contributed by atoms with E-state index < -0.39 is 5.91 Å². The number of fused-ring (bicyclic) bond motifs is 1. The van der Waals surface area contributed by atoms with E-state index in [2.05, 4.69) is 20.8 Å². The molecule has 0 spiro atoms. The fourth-order valence-corrected chi connectivity index (χ4v) is 1.83. The van der Waals surface area contributed by atoms with Gasteiger partial charge in [-0.05, 0) is 24.3 Å². The molecule has 106 valence electrons. The first-order valence-electron chi connectivity index (χ1n) is 6.05. The van der Waals surface area contributed by atoms with E-state index in [1.54, 1.807) is 18.2 Å². The molecule has 2 amide bonds. The van der Waals surface area contributed by atoms with Crippen LogP contribution in [0.4, 0.5) is 11.4 Å². The van der Waals surface area contributed by atoms with Crippen LogP contribution in [0.2, 0.25) is 0 Å². The second-order valence-electron chi connectivity index (χ2n) is 4.31. The smallest absolute Gasteiger partial charge is 0.276 e. The number of amides is 2. The van der Waals surface area contributed by atoms with Crippen LogP contribution in [0.5, 0.6) is 5.75 Å². The fraction of sp³-hybridized carbons (Fsp3) is 0.0769. The lowest BCUT2D eigenvalue weighted by Crippen LogP contribution is -2.25. The van der Waals surface area contributed by atoms with Crippen LogP contribution in [0.3, 0.4) is 0 Å². The Morgan fingerprint density at radius 3 is 2.86 bits per heavy atom. The lowest BCUT2D eigenvalue weighted by atomic mass is 10.2. The van der Waals surface area contributed by atoms with E-state index >= 15 is 0 Å². The minimum absolute atomic E-state index is 0.0278. The van der Waals surface area contributed by atoms with Crippen LogP contribution in [0.1, 0.15) is 10.5 Å². The van der Waals surface area contributed by atoms with Gasteiger partial charge >= 0.3 is 0 Å². The van der Waals surface area contributed by atoms with E-state index in [9.17, 15) is 14.4 Å². The summed E-state index contributed by atoms with van der Waals surface area (Å²) in [7, 11) is 0. The number of carbonyl (C=O) groups excluding carboxylic acids is 2. The highest BCUT2D eigenvalue weighted by Crippen LogP contribution is 2.30. The molecule has 3 rings (SSSR count). The SMILES string of the molecule is O=C1COc2ccc(NC(=O)c3ccc(=O)[nH]n3)cc2N1. The molecule has 0 saturated carbocycles. The van der Waals surface area contributed by atoms with E-state index in [1.807, 2.05) is 0 Å². The summed E-state index contributed by atoms with van der Waals surface area (Å²) in [6.45, 7) is -0.0278. The van der Waals surface area contributed by atoms with E-state index in [0.717, 1.165) is 0 Å². The van der Waals surface area contributed by atoms with Gasteiger partial charge in [0.15, 0.2) is 6.61 Å². The van der Waals surface area contributed by atoms with Gasteiger partial charge in [-0.3, -0.25) is 14.4 Å². The van der Waals surface area contributed by atoms with Crippen LogP contribution < -0.4 is 20.9 Å². The monoisotopic (exact) mass is 286 g/mol. The Kier molecular flexibility index (Phi) is 3.11. The van der Waals surface area contributed by atoms with Gasteiger partial charge in [-0.25, -0.2) is 5.10 Å². The van der Waals surface area contributed by atoms with Gasteiger partial charge in [0.25, 0.3) is 17.4 Å². The molecular formula is C13H10N4O4. The van der Waals surface area contributed by atoms with Crippen molar-refractivity contribution in [2.45, 2.75) is 0 Å². The lowest BCUT2D eigenvalue weighted by Gasteiger charge is -2.18. The average molecular weight is 286 g/mol. The Morgan fingerprint density at radius 1 is 1.24 bits per heavy atom. The number of rotatable bonds is 2.